The molecule has 104 valence electrons. The average Bonchev–Trinajstić information content (AvgIpc) is 2.68. The Morgan fingerprint density at radius 1 is 1.40 bits per heavy atom. The van der Waals surface area contributed by atoms with Gasteiger partial charge in [0.2, 0.25) is 0 Å². The lowest BCUT2D eigenvalue weighted by Crippen LogP contribution is -2.15. The highest BCUT2D eigenvalue weighted by Crippen LogP contribution is 2.22. The van der Waals surface area contributed by atoms with Gasteiger partial charge in [-0.2, -0.15) is 0 Å². The summed E-state index contributed by atoms with van der Waals surface area (Å²) in [5.74, 6) is -0.272. The molecule has 0 saturated heterocycles. The van der Waals surface area contributed by atoms with Crippen molar-refractivity contribution in [2.24, 2.45) is 7.05 Å². The minimum Gasteiger partial charge on any atom is -0.345 e. The topological polar surface area (TPSA) is 77.2 Å². The maximum atomic E-state index is 12.1. The lowest BCUT2D eigenvalue weighted by Gasteiger charge is -2.07. The van der Waals surface area contributed by atoms with Crippen LogP contribution in [0, 0.1) is 17.0 Å². The third-order valence-corrected chi connectivity index (χ3v) is 3.29. The van der Waals surface area contributed by atoms with Gasteiger partial charge in [-0.1, -0.05) is 0 Å². The Kier molecular flexibility index (Phi) is 3.89. The molecule has 2 rings (SSSR count). The zero-order valence-electron chi connectivity index (χ0n) is 10.9. The molecular weight excluding hydrogens is 326 g/mol. The van der Waals surface area contributed by atoms with E-state index in [0.29, 0.717) is 16.9 Å². The number of aromatic nitrogens is 1. The van der Waals surface area contributed by atoms with Gasteiger partial charge >= 0.3 is 0 Å². The van der Waals surface area contributed by atoms with Crippen LogP contribution >= 0.6 is 15.9 Å². The second-order valence-electron chi connectivity index (χ2n) is 4.37. The van der Waals surface area contributed by atoms with Crippen molar-refractivity contribution in [3.63, 3.8) is 0 Å². The number of anilines is 1. The molecule has 0 radical (unpaired) electrons. The fourth-order valence-corrected chi connectivity index (χ4v) is 2.41. The summed E-state index contributed by atoms with van der Waals surface area (Å²) in [5, 5.41) is 13.4. The number of carbonyl (C=O) groups excluding carboxylic acids is 1. The van der Waals surface area contributed by atoms with Crippen LogP contribution in [0.15, 0.2) is 34.9 Å². The van der Waals surface area contributed by atoms with E-state index in [9.17, 15) is 14.9 Å². The molecule has 0 bridgehead atoms. The Labute approximate surface area is 123 Å². The summed E-state index contributed by atoms with van der Waals surface area (Å²) < 4.78 is 2.50. The van der Waals surface area contributed by atoms with Gasteiger partial charge in [0.05, 0.1) is 4.92 Å². The Hall–Kier alpha value is -2.15. The standard InChI is InChI=1S/C13H12BrN3O3/c1-8-5-10(3-4-11(8)17(19)20)15-13(18)12-6-9(14)7-16(12)2/h3-7H,1-2H3,(H,15,18). The summed E-state index contributed by atoms with van der Waals surface area (Å²) in [6, 6.07) is 6.18. The minimum absolute atomic E-state index is 0.0320. The molecule has 0 spiro atoms. The van der Waals surface area contributed by atoms with Gasteiger partial charge in [0.25, 0.3) is 11.6 Å². The highest BCUT2D eigenvalue weighted by molar-refractivity contribution is 9.10. The summed E-state index contributed by atoms with van der Waals surface area (Å²) in [5.41, 5.74) is 1.55. The zero-order valence-corrected chi connectivity index (χ0v) is 12.5. The number of rotatable bonds is 3. The predicted molar refractivity (Wildman–Crippen MR) is 78.9 cm³/mol. The first kappa shape index (κ1) is 14.3. The monoisotopic (exact) mass is 337 g/mol. The van der Waals surface area contributed by atoms with Crippen LogP contribution in [0.5, 0.6) is 0 Å². The van der Waals surface area contributed by atoms with Crippen molar-refractivity contribution in [2.75, 3.05) is 5.32 Å². The quantitative estimate of drug-likeness (QED) is 0.689. The average molecular weight is 338 g/mol. The van der Waals surface area contributed by atoms with E-state index in [1.54, 1.807) is 36.9 Å². The van der Waals surface area contributed by atoms with Crippen molar-refractivity contribution in [2.45, 2.75) is 6.92 Å². The molecular formula is C13H12BrN3O3. The van der Waals surface area contributed by atoms with Gasteiger partial charge in [-0.3, -0.25) is 14.9 Å². The smallest absolute Gasteiger partial charge is 0.272 e. The van der Waals surface area contributed by atoms with E-state index in [1.807, 2.05) is 0 Å². The van der Waals surface area contributed by atoms with Crippen LogP contribution in [0.4, 0.5) is 11.4 Å². The normalized spacial score (nSPS) is 10.3. The molecule has 0 atom stereocenters. The number of nitrogens with zero attached hydrogens (tertiary/aromatic N) is 2. The lowest BCUT2D eigenvalue weighted by atomic mass is 10.2. The third-order valence-electron chi connectivity index (χ3n) is 2.86. The summed E-state index contributed by atoms with van der Waals surface area (Å²) in [6.07, 6.45) is 1.77. The molecule has 1 N–H and O–H groups in total. The second-order valence-corrected chi connectivity index (χ2v) is 5.28. The highest BCUT2D eigenvalue weighted by atomic mass is 79.9. The maximum absolute atomic E-state index is 12.1. The summed E-state index contributed by atoms with van der Waals surface area (Å²) in [6.45, 7) is 1.63. The second kappa shape index (κ2) is 5.46. The van der Waals surface area contributed by atoms with Crippen molar-refractivity contribution in [3.8, 4) is 0 Å². The number of amides is 1. The summed E-state index contributed by atoms with van der Waals surface area (Å²) >= 11 is 3.30. The summed E-state index contributed by atoms with van der Waals surface area (Å²) in [4.78, 5) is 22.4. The van der Waals surface area contributed by atoms with E-state index in [4.69, 9.17) is 0 Å². The fourth-order valence-electron chi connectivity index (χ4n) is 1.88. The predicted octanol–water partition coefficient (Wildman–Crippen LogP) is 3.26. The van der Waals surface area contributed by atoms with Gasteiger partial charge < -0.3 is 9.88 Å². The molecule has 1 heterocycles. The van der Waals surface area contributed by atoms with Crippen LogP contribution in [0.3, 0.4) is 0 Å². The first-order chi connectivity index (χ1) is 9.38. The van der Waals surface area contributed by atoms with Gasteiger partial charge in [0.15, 0.2) is 0 Å². The number of carbonyl (C=O) groups is 1. The van der Waals surface area contributed by atoms with Crippen molar-refractivity contribution in [1.29, 1.82) is 0 Å². The largest absolute Gasteiger partial charge is 0.345 e. The van der Waals surface area contributed by atoms with Gasteiger partial charge in [-0.05, 0) is 41.1 Å². The van der Waals surface area contributed by atoms with Crippen molar-refractivity contribution in [1.82, 2.24) is 4.57 Å². The molecule has 2 aromatic rings. The number of aryl methyl sites for hydroxylation is 2. The fraction of sp³-hybridized carbons (Fsp3) is 0.154. The van der Waals surface area contributed by atoms with Crippen LogP contribution in [0.1, 0.15) is 16.1 Å². The van der Waals surface area contributed by atoms with Gasteiger partial charge in [0.1, 0.15) is 5.69 Å². The molecule has 0 aliphatic rings. The zero-order chi connectivity index (χ0) is 14.9. The molecule has 0 fully saturated rings. The molecule has 1 aromatic carbocycles. The molecule has 0 aliphatic carbocycles. The molecule has 20 heavy (non-hydrogen) atoms. The third kappa shape index (κ3) is 2.88. The number of halogens is 1. The van der Waals surface area contributed by atoms with Crippen molar-refractivity contribution < 1.29 is 9.72 Å². The number of nitro benzene ring substituents is 1. The Balaban J connectivity index is 2.22. The van der Waals surface area contributed by atoms with Crippen LogP contribution in [0.2, 0.25) is 0 Å². The molecule has 0 unspecified atom stereocenters. The van der Waals surface area contributed by atoms with E-state index in [0.717, 1.165) is 4.47 Å². The Bertz CT molecular complexity index is 694. The van der Waals surface area contributed by atoms with Crippen LogP contribution in [-0.4, -0.2) is 15.4 Å². The summed E-state index contributed by atoms with van der Waals surface area (Å²) in [7, 11) is 1.76. The molecule has 0 aliphatic heterocycles. The van der Waals surface area contributed by atoms with Gasteiger partial charge in [-0.15, -0.1) is 0 Å². The molecule has 1 aromatic heterocycles. The van der Waals surface area contributed by atoms with E-state index < -0.39 is 4.92 Å². The lowest BCUT2D eigenvalue weighted by molar-refractivity contribution is -0.385. The SMILES string of the molecule is Cc1cc(NC(=O)c2cc(Br)cn2C)ccc1[N+](=O)[O-]. The number of nitrogens with one attached hydrogen (secondary N) is 1. The molecule has 1 amide bonds. The van der Waals surface area contributed by atoms with E-state index >= 15 is 0 Å². The highest BCUT2D eigenvalue weighted by Gasteiger charge is 2.14. The van der Waals surface area contributed by atoms with Crippen molar-refractivity contribution >= 4 is 33.2 Å². The van der Waals surface area contributed by atoms with Gasteiger partial charge in [0, 0.05) is 35.0 Å². The number of benzene rings is 1. The van der Waals surface area contributed by atoms with Crippen LogP contribution < -0.4 is 5.32 Å². The van der Waals surface area contributed by atoms with Gasteiger partial charge in [-0.25, -0.2) is 0 Å². The minimum atomic E-state index is -0.449. The van der Waals surface area contributed by atoms with Crippen LogP contribution in [0.25, 0.3) is 0 Å². The number of nitro groups is 1. The Morgan fingerprint density at radius 3 is 2.60 bits per heavy atom. The van der Waals surface area contributed by atoms with E-state index in [2.05, 4.69) is 21.2 Å². The molecule has 7 heteroatoms. The first-order valence-electron chi connectivity index (χ1n) is 5.76. The molecule has 0 saturated carbocycles. The van der Waals surface area contributed by atoms with Crippen LogP contribution in [-0.2, 0) is 7.05 Å². The van der Waals surface area contributed by atoms with Crippen molar-refractivity contribution in [3.05, 3.63) is 56.3 Å². The maximum Gasteiger partial charge on any atom is 0.272 e. The first-order valence-corrected chi connectivity index (χ1v) is 6.56. The van der Waals surface area contributed by atoms with E-state index in [1.165, 1.54) is 12.1 Å². The Morgan fingerprint density at radius 2 is 2.10 bits per heavy atom. The van der Waals surface area contributed by atoms with E-state index in [-0.39, 0.29) is 11.6 Å². The molecule has 6 nitrogen and oxygen atoms in total. The number of hydrogen-bond donors (Lipinski definition) is 1. The number of hydrogen-bond acceptors (Lipinski definition) is 3.